The predicted octanol–water partition coefficient (Wildman–Crippen LogP) is 5.72. The van der Waals surface area contributed by atoms with Crippen molar-refractivity contribution in [2.45, 2.75) is 31.3 Å². The normalized spacial score (nSPS) is 13.0. The Balaban J connectivity index is 0.00000323. The smallest absolute Gasteiger partial charge is 0.343 e. The Bertz CT molecular complexity index is 1310. The molecule has 3 aromatic rings. The summed E-state index contributed by atoms with van der Waals surface area (Å²) in [5, 5.41) is 2.35. The number of esters is 1. The van der Waals surface area contributed by atoms with Crippen LogP contribution in [0.4, 0.5) is 13.2 Å². The average Bonchev–Trinajstić information content (AvgIpc) is 3.31. The SMILES string of the molecule is O=C(NCCOCCOCCCCCCCl)c1c(F)c(F)c2c(c1F)C(c1cc[c-]cc1)(c1cc[c-]cc1)OC2=O.[Y].[Y]. The monoisotopic (exact) mass is 765 g/mol. The Morgan fingerprint density at radius 3 is 1.95 bits per heavy atom. The van der Waals surface area contributed by atoms with Crippen molar-refractivity contribution >= 4 is 23.5 Å². The number of fused-ring (bicyclic) bond motifs is 1. The molecule has 0 spiro atoms. The second-order valence-electron chi connectivity index (χ2n) is 9.30. The van der Waals surface area contributed by atoms with Crippen LogP contribution < -0.4 is 5.32 Å². The summed E-state index contributed by atoms with van der Waals surface area (Å²) in [5.74, 6) is -6.65. The van der Waals surface area contributed by atoms with Crippen molar-refractivity contribution in [3.63, 3.8) is 0 Å². The fraction of sp³-hybridized carbons (Fsp3) is 0.355. The van der Waals surface area contributed by atoms with Gasteiger partial charge in [0, 0.05) is 84.4 Å². The van der Waals surface area contributed by atoms with Crippen molar-refractivity contribution in [3.8, 4) is 0 Å². The van der Waals surface area contributed by atoms with Crippen LogP contribution in [0.1, 0.15) is 63.1 Å². The maximum absolute atomic E-state index is 16.2. The van der Waals surface area contributed by atoms with Crippen LogP contribution in [0.3, 0.4) is 0 Å². The summed E-state index contributed by atoms with van der Waals surface area (Å²) in [4.78, 5) is 25.8. The first-order valence-electron chi connectivity index (χ1n) is 13.3. The molecule has 1 heterocycles. The van der Waals surface area contributed by atoms with Crippen LogP contribution in [0.5, 0.6) is 0 Å². The third kappa shape index (κ3) is 8.75. The Morgan fingerprint density at radius 2 is 1.37 bits per heavy atom. The van der Waals surface area contributed by atoms with Gasteiger partial charge in [-0.15, -0.1) is 22.7 Å². The number of amides is 1. The summed E-state index contributed by atoms with van der Waals surface area (Å²) in [6.45, 7) is 1.15. The Labute approximate surface area is 304 Å². The Morgan fingerprint density at radius 1 is 0.814 bits per heavy atom. The minimum absolute atomic E-state index is 0. The van der Waals surface area contributed by atoms with Crippen LogP contribution in [0.15, 0.2) is 48.5 Å². The van der Waals surface area contributed by atoms with E-state index in [1.807, 2.05) is 0 Å². The number of benzene rings is 3. The molecule has 0 aromatic heterocycles. The number of alkyl halides is 1. The van der Waals surface area contributed by atoms with E-state index in [0.29, 0.717) is 19.1 Å². The number of rotatable bonds is 15. The zero-order valence-corrected chi connectivity index (χ0v) is 29.8. The molecule has 43 heavy (non-hydrogen) atoms. The van der Waals surface area contributed by atoms with Gasteiger partial charge in [-0.25, -0.2) is 18.0 Å². The molecule has 1 aliphatic heterocycles. The second-order valence-corrected chi connectivity index (χ2v) is 9.68. The van der Waals surface area contributed by atoms with Crippen molar-refractivity contribution in [1.82, 2.24) is 5.32 Å². The minimum Gasteiger partial charge on any atom is -0.445 e. The molecule has 1 N–H and O–H groups in total. The molecule has 0 aliphatic carbocycles. The van der Waals surface area contributed by atoms with Crippen molar-refractivity contribution in [2.75, 3.05) is 38.9 Å². The van der Waals surface area contributed by atoms with Gasteiger partial charge in [0.2, 0.25) is 0 Å². The van der Waals surface area contributed by atoms with Crippen molar-refractivity contribution in [1.29, 1.82) is 0 Å². The van der Waals surface area contributed by atoms with Gasteiger partial charge in [0.15, 0.2) is 11.6 Å². The number of carbonyl (C=O) groups excluding carboxylic acids is 2. The molecule has 0 atom stereocenters. The van der Waals surface area contributed by atoms with Crippen LogP contribution in [0.25, 0.3) is 0 Å². The Hall–Kier alpha value is -1.19. The molecule has 3 aromatic carbocycles. The average molecular weight is 766 g/mol. The maximum Gasteiger partial charge on any atom is 0.343 e. The van der Waals surface area contributed by atoms with Gasteiger partial charge in [-0.3, -0.25) is 4.79 Å². The van der Waals surface area contributed by atoms with E-state index in [1.54, 1.807) is 0 Å². The van der Waals surface area contributed by atoms with Crippen LogP contribution in [0, 0.1) is 29.6 Å². The summed E-state index contributed by atoms with van der Waals surface area (Å²) < 4.78 is 63.1. The Kier molecular flexibility index (Phi) is 16.5. The fourth-order valence-corrected chi connectivity index (χ4v) is 4.93. The van der Waals surface area contributed by atoms with E-state index in [-0.39, 0.29) is 96.3 Å². The van der Waals surface area contributed by atoms with Gasteiger partial charge in [0.05, 0.1) is 25.4 Å². The number of unbranched alkanes of at least 4 members (excludes halogenated alkanes) is 3. The number of cyclic esters (lactones) is 1. The largest absolute Gasteiger partial charge is 0.445 e. The van der Waals surface area contributed by atoms with Crippen LogP contribution >= 0.6 is 11.6 Å². The molecular weight excluding hydrogens is 737 g/mol. The van der Waals surface area contributed by atoms with Crippen molar-refractivity contribution < 1.29 is 102 Å². The van der Waals surface area contributed by atoms with Gasteiger partial charge in [0.25, 0.3) is 5.91 Å². The van der Waals surface area contributed by atoms with Crippen molar-refractivity contribution in [2.24, 2.45) is 0 Å². The standard InChI is InChI=1S/C31H29ClF3NO5.2Y/c32-15-9-1-2-10-17-39-19-20-40-18-16-36-29(37)24-26(33)25-23(27(34)28(24)35)30(38)41-31(25,21-11-5-3-6-12-21)22-13-7-4-8-14-22;;/h5-8,11-14H,1-2,9-10,15-20H2,(H,36,37);;/q-2;;. The molecule has 0 fully saturated rings. The van der Waals surface area contributed by atoms with E-state index >= 15 is 13.2 Å². The maximum atomic E-state index is 16.2. The molecule has 224 valence electrons. The second kappa shape index (κ2) is 18.7. The molecule has 2 radical (unpaired) electrons. The van der Waals surface area contributed by atoms with E-state index in [2.05, 4.69) is 17.4 Å². The summed E-state index contributed by atoms with van der Waals surface area (Å²) in [5.41, 5.74) is -4.10. The first kappa shape index (κ1) is 38.0. The minimum atomic E-state index is -1.97. The molecule has 0 bridgehead atoms. The van der Waals surface area contributed by atoms with E-state index < -0.39 is 51.6 Å². The number of ether oxygens (including phenoxy) is 3. The predicted molar refractivity (Wildman–Crippen MR) is 145 cm³/mol. The quantitative estimate of drug-likeness (QED) is 0.0705. The molecule has 0 saturated heterocycles. The first-order chi connectivity index (χ1) is 19.9. The number of carbonyl (C=O) groups is 2. The number of hydrogen-bond donors (Lipinski definition) is 1. The number of nitrogens with one attached hydrogen (secondary N) is 1. The van der Waals surface area contributed by atoms with Crippen LogP contribution in [-0.4, -0.2) is 50.7 Å². The van der Waals surface area contributed by atoms with Crippen molar-refractivity contribution in [3.05, 3.63) is 106 Å². The topological polar surface area (TPSA) is 73.9 Å². The number of halogens is 4. The molecule has 12 heteroatoms. The van der Waals surface area contributed by atoms with Gasteiger partial charge in [-0.1, -0.05) is 12.8 Å². The van der Waals surface area contributed by atoms with E-state index in [4.69, 9.17) is 25.8 Å². The molecule has 6 nitrogen and oxygen atoms in total. The zero-order chi connectivity index (χ0) is 29.2. The van der Waals surface area contributed by atoms with Crippen LogP contribution in [0.2, 0.25) is 0 Å². The van der Waals surface area contributed by atoms with E-state index in [0.717, 1.165) is 25.7 Å². The van der Waals surface area contributed by atoms with Gasteiger partial charge < -0.3 is 19.5 Å². The van der Waals surface area contributed by atoms with Gasteiger partial charge >= 0.3 is 5.97 Å². The van der Waals surface area contributed by atoms with E-state index in [9.17, 15) is 9.59 Å². The van der Waals surface area contributed by atoms with Gasteiger partial charge in [-0.05, 0) is 12.8 Å². The molecule has 1 aliphatic rings. The summed E-state index contributed by atoms with van der Waals surface area (Å²) in [6, 6.07) is 17.7. The summed E-state index contributed by atoms with van der Waals surface area (Å²) in [7, 11) is 0. The third-order valence-electron chi connectivity index (χ3n) is 6.68. The molecule has 0 unspecified atom stereocenters. The summed E-state index contributed by atoms with van der Waals surface area (Å²) in [6.07, 6.45) is 3.99. The molecular formula is C31H29ClF3NO5Y2-2. The first-order valence-corrected chi connectivity index (χ1v) is 13.8. The fourth-order valence-electron chi connectivity index (χ4n) is 4.74. The van der Waals surface area contributed by atoms with Gasteiger partial charge in [-0.2, -0.15) is 60.7 Å². The summed E-state index contributed by atoms with van der Waals surface area (Å²) >= 11 is 5.64. The molecule has 1 amide bonds. The van der Waals surface area contributed by atoms with E-state index in [1.165, 1.54) is 48.5 Å². The third-order valence-corrected chi connectivity index (χ3v) is 6.94. The van der Waals surface area contributed by atoms with Gasteiger partial charge in [0.1, 0.15) is 22.5 Å². The zero-order valence-electron chi connectivity index (χ0n) is 23.4. The number of hydrogen-bond acceptors (Lipinski definition) is 5. The van der Waals surface area contributed by atoms with Crippen LogP contribution in [-0.2, 0) is 85.2 Å². The molecule has 0 saturated carbocycles. The molecule has 4 rings (SSSR count).